The van der Waals surface area contributed by atoms with Crippen molar-refractivity contribution in [2.75, 3.05) is 0 Å². The first-order chi connectivity index (χ1) is 16.7. The third kappa shape index (κ3) is 5.62. The molecule has 0 aromatic heterocycles. The van der Waals surface area contributed by atoms with Gasteiger partial charge in [-0.3, -0.25) is 9.98 Å². The van der Waals surface area contributed by atoms with Gasteiger partial charge < -0.3 is 5.11 Å². The van der Waals surface area contributed by atoms with Gasteiger partial charge in [0.25, 0.3) is 0 Å². The Hall–Kier alpha value is -2.26. The maximum atomic E-state index is 13.3. The fourth-order valence-electron chi connectivity index (χ4n) is 5.54. The molecule has 0 radical (unpaired) electrons. The summed E-state index contributed by atoms with van der Waals surface area (Å²) in [5.74, 6) is 0. The van der Waals surface area contributed by atoms with Crippen LogP contribution in [0.25, 0.3) is 0 Å². The molecule has 1 aromatic carbocycles. The fourth-order valence-corrected chi connectivity index (χ4v) is 5.54. The molecule has 1 aliphatic heterocycles. The molecule has 202 valence electrons. The van der Waals surface area contributed by atoms with Gasteiger partial charge in [0.15, 0.2) is 0 Å². The van der Waals surface area contributed by atoms with Crippen molar-refractivity contribution >= 4 is 23.8 Å². The summed E-state index contributed by atoms with van der Waals surface area (Å²) in [6, 6.07) is 8.04. The van der Waals surface area contributed by atoms with E-state index in [1.165, 1.54) is 16.7 Å². The minimum atomic E-state index is -1.23. The Morgan fingerprint density at radius 2 is 1.30 bits per heavy atom. The first kappa shape index (κ1) is 29.3. The summed E-state index contributed by atoms with van der Waals surface area (Å²) in [7, 11) is 0. The van der Waals surface area contributed by atoms with E-state index >= 15 is 0 Å². The van der Waals surface area contributed by atoms with Crippen molar-refractivity contribution in [2.45, 2.75) is 102 Å². The van der Waals surface area contributed by atoms with E-state index in [9.17, 15) is 5.11 Å². The number of hydrogen-bond acceptors (Lipinski definition) is 3. The molecule has 0 fully saturated rings. The van der Waals surface area contributed by atoms with Crippen LogP contribution in [0, 0.1) is 27.1 Å². The standard InChI is InChI=1S/C34H50N2O/c1-29(2,3)24-16-15-19-35-26-17-13-14-18-27(26)36-23-33(34(37,22-24)32(10,11)12)21-25(30(4,5)6)20-28(33)31(7,8)9/h13-14,17-23,37H,15-16H2,1-12H3/b24-22+,35-19?,36-23?/t33-,34?/m1/s1. The number of para-hydroxylation sites is 2. The highest BCUT2D eigenvalue weighted by molar-refractivity contribution is 5.85. The molecule has 0 amide bonds. The summed E-state index contributed by atoms with van der Waals surface area (Å²) in [6.45, 7) is 26.7. The lowest BCUT2D eigenvalue weighted by Gasteiger charge is -2.53. The van der Waals surface area contributed by atoms with Gasteiger partial charge in [-0.25, -0.2) is 0 Å². The van der Waals surface area contributed by atoms with Crippen LogP contribution in [0.5, 0.6) is 0 Å². The number of aliphatic imine (C=N–C) groups is 2. The minimum absolute atomic E-state index is 0.0743. The highest BCUT2D eigenvalue weighted by Gasteiger charge is 2.59. The Labute approximate surface area is 226 Å². The van der Waals surface area contributed by atoms with Crippen LogP contribution in [0.2, 0.25) is 0 Å². The van der Waals surface area contributed by atoms with Gasteiger partial charge in [-0.2, -0.15) is 0 Å². The Kier molecular flexibility index (Phi) is 7.51. The smallest absolute Gasteiger partial charge is 0.106 e. The quantitative estimate of drug-likeness (QED) is 0.353. The van der Waals surface area contributed by atoms with Crippen molar-refractivity contribution in [1.82, 2.24) is 0 Å². The van der Waals surface area contributed by atoms with E-state index in [-0.39, 0.29) is 16.2 Å². The van der Waals surface area contributed by atoms with E-state index in [1.54, 1.807) is 0 Å². The van der Waals surface area contributed by atoms with E-state index in [4.69, 9.17) is 9.98 Å². The summed E-state index contributed by atoms with van der Waals surface area (Å²) in [5, 5.41) is 13.3. The Morgan fingerprint density at radius 3 is 1.78 bits per heavy atom. The maximum absolute atomic E-state index is 13.3. The lowest BCUT2D eigenvalue weighted by Crippen LogP contribution is -2.57. The predicted octanol–water partition coefficient (Wildman–Crippen LogP) is 9.58. The molecule has 1 aromatic rings. The molecule has 1 spiro atoms. The van der Waals surface area contributed by atoms with Crippen LogP contribution in [0.15, 0.2) is 69.2 Å². The first-order valence-electron chi connectivity index (χ1n) is 13.8. The molecule has 1 unspecified atom stereocenters. The van der Waals surface area contributed by atoms with Crippen molar-refractivity contribution < 1.29 is 5.11 Å². The Balaban J connectivity index is 2.54. The van der Waals surface area contributed by atoms with E-state index in [2.05, 4.69) is 101 Å². The maximum Gasteiger partial charge on any atom is 0.106 e. The number of allylic oxidation sites excluding steroid dienone is 3. The molecule has 3 nitrogen and oxygen atoms in total. The molecule has 1 N–H and O–H groups in total. The lowest BCUT2D eigenvalue weighted by molar-refractivity contribution is -0.0613. The van der Waals surface area contributed by atoms with E-state index < -0.39 is 16.4 Å². The monoisotopic (exact) mass is 502 g/mol. The Morgan fingerprint density at radius 1 is 0.730 bits per heavy atom. The van der Waals surface area contributed by atoms with Gasteiger partial charge in [0.05, 0.1) is 16.8 Å². The van der Waals surface area contributed by atoms with Gasteiger partial charge in [-0.05, 0) is 57.8 Å². The van der Waals surface area contributed by atoms with Gasteiger partial charge in [0.2, 0.25) is 0 Å². The van der Waals surface area contributed by atoms with Crippen molar-refractivity contribution in [2.24, 2.45) is 37.1 Å². The minimum Gasteiger partial charge on any atom is -0.384 e. The number of aliphatic hydroxyl groups is 1. The summed E-state index contributed by atoms with van der Waals surface area (Å²) in [5.41, 5.74) is 2.41. The zero-order valence-corrected chi connectivity index (χ0v) is 25.5. The number of benzene rings is 1. The average molecular weight is 503 g/mol. The van der Waals surface area contributed by atoms with Crippen molar-refractivity contribution in [3.63, 3.8) is 0 Å². The van der Waals surface area contributed by atoms with E-state index in [1.807, 2.05) is 36.7 Å². The van der Waals surface area contributed by atoms with Crippen molar-refractivity contribution in [1.29, 1.82) is 0 Å². The molecule has 3 heteroatoms. The molecule has 0 saturated carbocycles. The normalized spacial score (nSPS) is 27.1. The van der Waals surface area contributed by atoms with Crippen LogP contribution >= 0.6 is 0 Å². The molecule has 3 rings (SSSR count). The summed E-state index contributed by atoms with van der Waals surface area (Å²) >= 11 is 0. The van der Waals surface area contributed by atoms with E-state index in [0.717, 1.165) is 24.2 Å². The topological polar surface area (TPSA) is 45.0 Å². The second-order valence-electron chi connectivity index (χ2n) is 15.1. The zero-order chi connectivity index (χ0) is 28.1. The Bertz CT molecular complexity index is 1170. The molecule has 0 saturated heterocycles. The fraction of sp³-hybridized carbons (Fsp3) is 0.588. The number of nitrogens with zero attached hydrogens (tertiary/aromatic N) is 2. The van der Waals surface area contributed by atoms with Gasteiger partial charge in [-0.1, -0.05) is 119 Å². The molecular weight excluding hydrogens is 452 g/mol. The van der Waals surface area contributed by atoms with Crippen LogP contribution in [0.1, 0.15) is 95.9 Å². The average Bonchev–Trinajstić information content (AvgIpc) is 3.15. The highest BCUT2D eigenvalue weighted by atomic mass is 16.3. The second kappa shape index (κ2) is 9.49. The third-order valence-corrected chi connectivity index (χ3v) is 7.99. The molecule has 37 heavy (non-hydrogen) atoms. The van der Waals surface area contributed by atoms with Crippen LogP contribution < -0.4 is 0 Å². The zero-order valence-electron chi connectivity index (χ0n) is 25.5. The summed E-state index contributed by atoms with van der Waals surface area (Å²) < 4.78 is 0. The molecule has 0 bridgehead atoms. The lowest BCUT2D eigenvalue weighted by atomic mass is 9.54. The number of rotatable bonds is 0. The van der Waals surface area contributed by atoms with Gasteiger partial charge in [-0.15, -0.1) is 0 Å². The van der Waals surface area contributed by atoms with Crippen molar-refractivity contribution in [3.8, 4) is 0 Å². The molecule has 1 aliphatic carbocycles. The molecular formula is C34H50N2O. The number of fused-ring (bicyclic) bond motifs is 1. The largest absolute Gasteiger partial charge is 0.384 e. The number of hydrogen-bond donors (Lipinski definition) is 1. The van der Waals surface area contributed by atoms with Crippen LogP contribution in [0.4, 0.5) is 11.4 Å². The van der Waals surface area contributed by atoms with Gasteiger partial charge in [0, 0.05) is 12.4 Å². The molecule has 2 atom stereocenters. The second-order valence-corrected chi connectivity index (χ2v) is 15.1. The SMILES string of the molecule is CC(C)(C)C1=C[C@@]2(C=Nc3ccccc3N=CCC/C(C(C)(C)C)=C\C2(O)C(C)(C)C)C(C(C)(C)C)=C1. The summed E-state index contributed by atoms with van der Waals surface area (Å²) in [4.78, 5) is 9.92. The van der Waals surface area contributed by atoms with Gasteiger partial charge >= 0.3 is 0 Å². The molecule has 1 heterocycles. The summed E-state index contributed by atoms with van der Waals surface area (Å²) in [6.07, 6.45) is 12.5. The predicted molar refractivity (Wildman–Crippen MR) is 161 cm³/mol. The van der Waals surface area contributed by atoms with Gasteiger partial charge in [0.1, 0.15) is 5.60 Å². The highest BCUT2D eigenvalue weighted by Crippen LogP contribution is 2.59. The van der Waals surface area contributed by atoms with Crippen molar-refractivity contribution in [3.05, 3.63) is 59.2 Å². The van der Waals surface area contributed by atoms with Crippen LogP contribution in [-0.4, -0.2) is 23.1 Å². The third-order valence-electron chi connectivity index (χ3n) is 7.99. The van der Waals surface area contributed by atoms with E-state index in [0.29, 0.717) is 0 Å². The molecule has 2 aliphatic rings. The first-order valence-corrected chi connectivity index (χ1v) is 13.8. The van der Waals surface area contributed by atoms with Crippen LogP contribution in [0.3, 0.4) is 0 Å². The van der Waals surface area contributed by atoms with Crippen LogP contribution in [-0.2, 0) is 0 Å².